The summed E-state index contributed by atoms with van der Waals surface area (Å²) in [6.07, 6.45) is 2.68. The number of methoxy groups -OCH3 is 1. The minimum absolute atomic E-state index is 0.312. The molecule has 0 rings (SSSR count). The number of carbonyl (C=O) groups is 1. The highest BCUT2D eigenvalue weighted by atomic mass is 16.5. The van der Waals surface area contributed by atoms with Gasteiger partial charge in [0.25, 0.3) is 0 Å². The van der Waals surface area contributed by atoms with E-state index in [-0.39, 0.29) is 0 Å². The van der Waals surface area contributed by atoms with E-state index in [4.69, 9.17) is 10.00 Å². The number of nitriles is 1. The fourth-order valence-electron chi connectivity index (χ4n) is 1.44. The Morgan fingerprint density at radius 1 is 1.38 bits per heavy atom. The smallest absolute Gasteiger partial charge is 0.132 e. The molecule has 0 heterocycles. The fraction of sp³-hybridized carbons (Fsp3) is 0.833. The van der Waals surface area contributed by atoms with E-state index in [2.05, 4.69) is 11.0 Å². The van der Waals surface area contributed by atoms with Crippen molar-refractivity contribution >= 4 is 5.78 Å². The van der Waals surface area contributed by atoms with Crippen molar-refractivity contribution in [1.29, 1.82) is 5.26 Å². The second kappa shape index (κ2) is 10.6. The van der Waals surface area contributed by atoms with Gasteiger partial charge in [-0.3, -0.25) is 4.79 Å². The number of carbonyl (C=O) groups excluding carboxylic acids is 1. The van der Waals surface area contributed by atoms with Crippen LogP contribution in [-0.2, 0) is 9.53 Å². The first-order valence-corrected chi connectivity index (χ1v) is 5.84. The van der Waals surface area contributed by atoms with Crippen molar-refractivity contribution in [3.05, 3.63) is 0 Å². The third-order valence-corrected chi connectivity index (χ3v) is 2.48. The molecule has 0 aromatic carbocycles. The van der Waals surface area contributed by atoms with Gasteiger partial charge >= 0.3 is 0 Å². The van der Waals surface area contributed by atoms with Crippen LogP contribution in [0.3, 0.4) is 0 Å². The van der Waals surface area contributed by atoms with Gasteiger partial charge in [0.05, 0.1) is 12.7 Å². The van der Waals surface area contributed by atoms with Crippen molar-refractivity contribution in [3.63, 3.8) is 0 Å². The van der Waals surface area contributed by atoms with Crippen LogP contribution < -0.4 is 0 Å². The van der Waals surface area contributed by atoms with Crippen LogP contribution in [0.25, 0.3) is 0 Å². The van der Waals surface area contributed by atoms with E-state index in [0.717, 1.165) is 26.1 Å². The molecule has 0 saturated carbocycles. The van der Waals surface area contributed by atoms with Crippen molar-refractivity contribution in [2.45, 2.75) is 32.6 Å². The molecular formula is C12H22N2O2. The summed E-state index contributed by atoms with van der Waals surface area (Å²) in [5.41, 5.74) is 0. The first-order valence-electron chi connectivity index (χ1n) is 5.84. The van der Waals surface area contributed by atoms with Gasteiger partial charge in [-0.1, -0.05) is 6.92 Å². The Morgan fingerprint density at radius 3 is 2.69 bits per heavy atom. The van der Waals surface area contributed by atoms with Crippen LogP contribution in [0.1, 0.15) is 32.6 Å². The maximum absolute atomic E-state index is 11.1. The molecule has 0 aliphatic rings. The zero-order chi connectivity index (χ0) is 12.2. The molecule has 0 spiro atoms. The minimum Gasteiger partial charge on any atom is -0.383 e. The minimum atomic E-state index is 0.312. The van der Waals surface area contributed by atoms with Crippen molar-refractivity contribution in [3.8, 4) is 6.07 Å². The van der Waals surface area contributed by atoms with E-state index in [1.165, 1.54) is 0 Å². The monoisotopic (exact) mass is 226 g/mol. The zero-order valence-corrected chi connectivity index (χ0v) is 10.4. The van der Waals surface area contributed by atoms with E-state index in [1.54, 1.807) is 7.11 Å². The van der Waals surface area contributed by atoms with E-state index < -0.39 is 0 Å². The molecule has 0 bridgehead atoms. The number of nitrogens with zero attached hydrogens (tertiary/aromatic N) is 2. The highest BCUT2D eigenvalue weighted by Gasteiger charge is 2.05. The molecule has 0 N–H and O–H groups in total. The number of Topliss-reactive ketones (excluding diaryl/α,β-unsaturated/α-hetero) is 1. The average molecular weight is 226 g/mol. The predicted molar refractivity (Wildman–Crippen MR) is 63.1 cm³/mol. The first kappa shape index (κ1) is 15.1. The average Bonchev–Trinajstić information content (AvgIpc) is 2.31. The number of hydrogen-bond acceptors (Lipinski definition) is 4. The second-order valence-corrected chi connectivity index (χ2v) is 3.74. The summed E-state index contributed by atoms with van der Waals surface area (Å²) in [5.74, 6) is 0.312. The molecular weight excluding hydrogens is 204 g/mol. The molecule has 4 heteroatoms. The number of rotatable bonds is 10. The largest absolute Gasteiger partial charge is 0.383 e. The van der Waals surface area contributed by atoms with E-state index in [0.29, 0.717) is 31.7 Å². The lowest BCUT2D eigenvalue weighted by Gasteiger charge is -2.20. The van der Waals surface area contributed by atoms with Gasteiger partial charge in [0.1, 0.15) is 5.78 Å². The van der Waals surface area contributed by atoms with E-state index >= 15 is 0 Å². The molecule has 0 amide bonds. The standard InChI is InChI=1S/C12H22N2O2/c1-3-12(15)6-4-8-14(9-5-7-13)10-11-16-2/h3-6,8-11H2,1-2H3. The van der Waals surface area contributed by atoms with Crippen molar-refractivity contribution < 1.29 is 9.53 Å². The molecule has 4 nitrogen and oxygen atoms in total. The lowest BCUT2D eigenvalue weighted by atomic mass is 10.2. The Bertz CT molecular complexity index is 224. The maximum Gasteiger partial charge on any atom is 0.132 e. The van der Waals surface area contributed by atoms with Gasteiger partial charge in [0, 0.05) is 39.5 Å². The predicted octanol–water partition coefficient (Wildman–Crippen LogP) is 1.61. The summed E-state index contributed by atoms with van der Waals surface area (Å²) in [7, 11) is 1.67. The molecule has 0 atom stereocenters. The highest BCUT2D eigenvalue weighted by Crippen LogP contribution is 1.99. The van der Waals surface area contributed by atoms with Crippen LogP contribution in [0.5, 0.6) is 0 Å². The Balaban J connectivity index is 3.73. The topological polar surface area (TPSA) is 53.3 Å². The highest BCUT2D eigenvalue weighted by molar-refractivity contribution is 5.77. The lowest BCUT2D eigenvalue weighted by Crippen LogP contribution is -2.29. The molecule has 0 saturated heterocycles. The van der Waals surface area contributed by atoms with Gasteiger partial charge in [-0.15, -0.1) is 0 Å². The molecule has 0 fully saturated rings. The maximum atomic E-state index is 11.1. The van der Waals surface area contributed by atoms with Gasteiger partial charge in [-0.2, -0.15) is 5.26 Å². The lowest BCUT2D eigenvalue weighted by molar-refractivity contribution is -0.118. The summed E-state index contributed by atoms with van der Waals surface area (Å²) >= 11 is 0. The van der Waals surface area contributed by atoms with E-state index in [1.807, 2.05) is 6.92 Å². The third kappa shape index (κ3) is 8.39. The van der Waals surface area contributed by atoms with Gasteiger partial charge in [-0.25, -0.2) is 0 Å². The molecule has 16 heavy (non-hydrogen) atoms. The van der Waals surface area contributed by atoms with Crippen LogP contribution in [0.2, 0.25) is 0 Å². The van der Waals surface area contributed by atoms with Crippen LogP contribution in [0.4, 0.5) is 0 Å². The Hall–Kier alpha value is -0.920. The van der Waals surface area contributed by atoms with Crippen LogP contribution >= 0.6 is 0 Å². The quantitative estimate of drug-likeness (QED) is 0.568. The normalized spacial score (nSPS) is 10.4. The van der Waals surface area contributed by atoms with Gasteiger partial charge < -0.3 is 9.64 Å². The Labute approximate surface area is 98.2 Å². The van der Waals surface area contributed by atoms with Gasteiger partial charge in [0.2, 0.25) is 0 Å². The molecule has 0 unspecified atom stereocenters. The number of ether oxygens (including phenoxy) is 1. The van der Waals surface area contributed by atoms with Crippen molar-refractivity contribution in [1.82, 2.24) is 4.90 Å². The summed E-state index contributed by atoms with van der Waals surface area (Å²) in [5, 5.41) is 8.53. The molecule has 0 aromatic rings. The molecule has 92 valence electrons. The van der Waals surface area contributed by atoms with Gasteiger partial charge in [0.15, 0.2) is 0 Å². The Morgan fingerprint density at radius 2 is 2.12 bits per heavy atom. The number of hydrogen-bond donors (Lipinski definition) is 0. The van der Waals surface area contributed by atoms with Gasteiger partial charge in [-0.05, 0) is 13.0 Å². The SMILES string of the molecule is CCC(=O)CCCN(CCC#N)CCOC. The summed E-state index contributed by atoms with van der Waals surface area (Å²) < 4.78 is 5.01. The first-order chi connectivity index (χ1) is 7.74. The van der Waals surface area contributed by atoms with Crippen LogP contribution in [0, 0.1) is 11.3 Å². The van der Waals surface area contributed by atoms with Crippen LogP contribution in [-0.4, -0.2) is 44.0 Å². The van der Waals surface area contributed by atoms with Crippen LogP contribution in [0.15, 0.2) is 0 Å². The second-order valence-electron chi connectivity index (χ2n) is 3.74. The molecule has 0 aliphatic heterocycles. The Kier molecular flexibility index (Phi) is 9.98. The number of ketones is 1. The third-order valence-electron chi connectivity index (χ3n) is 2.48. The fourth-order valence-corrected chi connectivity index (χ4v) is 1.44. The summed E-state index contributed by atoms with van der Waals surface area (Å²) in [6, 6.07) is 2.14. The summed E-state index contributed by atoms with van der Waals surface area (Å²) in [6.45, 7) is 5.03. The molecule has 0 radical (unpaired) electrons. The van der Waals surface area contributed by atoms with E-state index in [9.17, 15) is 4.79 Å². The molecule has 0 aromatic heterocycles. The summed E-state index contributed by atoms with van der Waals surface area (Å²) in [4.78, 5) is 13.3. The van der Waals surface area contributed by atoms with Crippen molar-refractivity contribution in [2.75, 3.05) is 33.4 Å². The zero-order valence-electron chi connectivity index (χ0n) is 10.4. The van der Waals surface area contributed by atoms with Crippen molar-refractivity contribution in [2.24, 2.45) is 0 Å². The molecule has 0 aliphatic carbocycles.